The molecule has 2 aliphatic heterocycles. The molecule has 0 bridgehead atoms. The molecule has 1 N–H and O–H groups in total. The lowest BCUT2D eigenvalue weighted by atomic mass is 9.94. The van der Waals surface area contributed by atoms with Crippen LogP contribution in [-0.4, -0.2) is 21.3 Å². The summed E-state index contributed by atoms with van der Waals surface area (Å²) in [7, 11) is 0. The Morgan fingerprint density at radius 1 is 1.35 bits per heavy atom. The summed E-state index contributed by atoms with van der Waals surface area (Å²) in [6, 6.07) is 10.9. The number of fused-ring (bicyclic) bond motifs is 4. The number of rotatable bonds is 3. The quantitative estimate of drug-likeness (QED) is 0.747. The Morgan fingerprint density at radius 2 is 2.19 bits per heavy atom. The molecule has 6 heteroatoms. The molecular weight excluding hydrogens is 355 g/mol. The van der Waals surface area contributed by atoms with Crippen molar-refractivity contribution in [2.45, 2.75) is 25.0 Å². The minimum absolute atomic E-state index is 0.139. The van der Waals surface area contributed by atoms with Crippen LogP contribution in [0.4, 0.5) is 4.39 Å². The first-order valence-corrected chi connectivity index (χ1v) is 8.96. The zero-order valence-electron chi connectivity index (χ0n) is 13.8. The van der Waals surface area contributed by atoms with Crippen LogP contribution < -0.4 is 4.74 Å². The van der Waals surface area contributed by atoms with Crippen LogP contribution in [0.15, 0.2) is 42.7 Å². The van der Waals surface area contributed by atoms with E-state index in [4.69, 9.17) is 16.3 Å². The predicted octanol–water partition coefficient (Wildman–Crippen LogP) is 4.30. The largest absolute Gasteiger partial charge is 0.493 e. The Balaban J connectivity index is 1.52. The highest BCUT2D eigenvalue weighted by Crippen LogP contribution is 2.46. The molecule has 0 saturated carbocycles. The molecule has 3 heterocycles. The van der Waals surface area contributed by atoms with Crippen molar-refractivity contribution in [1.29, 1.82) is 0 Å². The summed E-state index contributed by atoms with van der Waals surface area (Å²) in [5.41, 5.74) is 4.18. The lowest BCUT2D eigenvalue weighted by Gasteiger charge is -2.20. The maximum Gasteiger partial charge on any atom is 0.155 e. The third kappa shape index (κ3) is 2.27. The van der Waals surface area contributed by atoms with E-state index in [0.717, 1.165) is 28.8 Å². The van der Waals surface area contributed by atoms with Crippen LogP contribution in [0.25, 0.3) is 11.3 Å². The lowest BCUT2D eigenvalue weighted by molar-refractivity contribution is 0.149. The van der Waals surface area contributed by atoms with Gasteiger partial charge in [-0.2, -0.15) is 0 Å². The average Bonchev–Trinajstić information content (AvgIpc) is 3.31. The van der Waals surface area contributed by atoms with Crippen LogP contribution in [0.1, 0.15) is 35.3 Å². The van der Waals surface area contributed by atoms with Crippen LogP contribution in [-0.2, 0) is 6.42 Å². The Bertz CT molecular complexity index is 1020. The topological polar surface area (TPSA) is 47.3 Å². The molecule has 2 unspecified atom stereocenters. The molecule has 1 aromatic heterocycles. The first-order chi connectivity index (χ1) is 12.6. The van der Waals surface area contributed by atoms with Gasteiger partial charge < -0.3 is 14.4 Å². The molecule has 0 amide bonds. The Labute approximate surface area is 154 Å². The van der Waals surface area contributed by atoms with Gasteiger partial charge in [0.1, 0.15) is 11.6 Å². The Hall–Kier alpha value is -2.37. The van der Waals surface area contributed by atoms with Gasteiger partial charge in [-0.1, -0.05) is 35.9 Å². The molecule has 2 aromatic carbocycles. The number of hydrogen-bond donors (Lipinski definition) is 1. The van der Waals surface area contributed by atoms with E-state index in [1.807, 2.05) is 28.8 Å². The maximum absolute atomic E-state index is 14.5. The molecule has 0 aliphatic carbocycles. The summed E-state index contributed by atoms with van der Waals surface area (Å²) in [4.78, 5) is 4.19. The van der Waals surface area contributed by atoms with E-state index in [1.54, 1.807) is 12.4 Å². The lowest BCUT2D eigenvalue weighted by Crippen LogP contribution is -2.12. The molecule has 0 saturated heterocycles. The number of aromatic nitrogens is 2. The fourth-order valence-electron chi connectivity index (χ4n) is 4.03. The van der Waals surface area contributed by atoms with Crippen LogP contribution in [0.5, 0.6) is 5.75 Å². The second kappa shape index (κ2) is 5.83. The number of aliphatic hydroxyl groups excluding tert-OH is 1. The Morgan fingerprint density at radius 3 is 3.08 bits per heavy atom. The van der Waals surface area contributed by atoms with Crippen LogP contribution in [0.3, 0.4) is 0 Å². The SMILES string of the molecule is OC(CC1c2ccccc2-c2c(Cl)ncn21)c1cc2c(cc1F)OCC2. The molecule has 2 aliphatic rings. The van der Waals surface area contributed by atoms with Crippen molar-refractivity contribution in [2.24, 2.45) is 0 Å². The standard InChI is InChI=1S/C20H16ClFN2O2/c21-20-19-13-4-2-1-3-12(13)16(24(19)10-23-20)9-17(25)14-7-11-5-6-26-18(11)8-15(14)22/h1-4,7-8,10,16-17,25H,5-6,9H2. The minimum Gasteiger partial charge on any atom is -0.493 e. The van der Waals surface area contributed by atoms with E-state index in [-0.39, 0.29) is 6.04 Å². The molecule has 0 radical (unpaired) electrons. The number of ether oxygens (including phenoxy) is 1. The summed E-state index contributed by atoms with van der Waals surface area (Å²) in [6.45, 7) is 0.557. The predicted molar refractivity (Wildman–Crippen MR) is 96.0 cm³/mol. The van der Waals surface area contributed by atoms with Gasteiger partial charge >= 0.3 is 0 Å². The van der Waals surface area contributed by atoms with Gasteiger partial charge in [-0.25, -0.2) is 9.37 Å². The minimum atomic E-state index is -0.939. The van der Waals surface area contributed by atoms with Crippen molar-refractivity contribution in [3.63, 3.8) is 0 Å². The number of benzene rings is 2. The van der Waals surface area contributed by atoms with E-state index < -0.39 is 11.9 Å². The molecule has 5 rings (SSSR count). The molecule has 0 fully saturated rings. The van der Waals surface area contributed by atoms with E-state index in [0.29, 0.717) is 29.5 Å². The summed E-state index contributed by atoms with van der Waals surface area (Å²) in [6.07, 6.45) is 1.82. The van der Waals surface area contributed by atoms with Gasteiger partial charge in [0.25, 0.3) is 0 Å². The van der Waals surface area contributed by atoms with Crippen molar-refractivity contribution < 1.29 is 14.2 Å². The number of halogens is 2. The van der Waals surface area contributed by atoms with E-state index in [1.165, 1.54) is 6.07 Å². The summed E-state index contributed by atoms with van der Waals surface area (Å²) < 4.78 is 21.8. The van der Waals surface area contributed by atoms with Gasteiger partial charge in [-0.05, 0) is 17.2 Å². The van der Waals surface area contributed by atoms with Crippen LogP contribution in [0, 0.1) is 5.82 Å². The second-order valence-corrected chi connectivity index (χ2v) is 7.08. The molecule has 2 atom stereocenters. The molecule has 132 valence electrons. The highest BCUT2D eigenvalue weighted by Gasteiger charge is 2.33. The van der Waals surface area contributed by atoms with Crippen LogP contribution >= 0.6 is 11.6 Å². The molecular formula is C20H16ClFN2O2. The third-order valence-corrected chi connectivity index (χ3v) is 5.55. The fraction of sp³-hybridized carbons (Fsp3) is 0.250. The highest BCUT2D eigenvalue weighted by molar-refractivity contribution is 6.32. The van der Waals surface area contributed by atoms with Crippen molar-refractivity contribution >= 4 is 11.6 Å². The van der Waals surface area contributed by atoms with Gasteiger partial charge in [0, 0.05) is 30.0 Å². The van der Waals surface area contributed by atoms with E-state index in [2.05, 4.69) is 4.98 Å². The number of imidazole rings is 1. The van der Waals surface area contributed by atoms with Gasteiger partial charge in [-0.3, -0.25) is 0 Å². The first-order valence-electron chi connectivity index (χ1n) is 8.58. The van der Waals surface area contributed by atoms with Crippen molar-refractivity contribution in [2.75, 3.05) is 6.61 Å². The smallest absolute Gasteiger partial charge is 0.155 e. The van der Waals surface area contributed by atoms with E-state index >= 15 is 0 Å². The van der Waals surface area contributed by atoms with E-state index in [9.17, 15) is 9.50 Å². The van der Waals surface area contributed by atoms with Gasteiger partial charge in [0.05, 0.1) is 30.8 Å². The third-order valence-electron chi connectivity index (χ3n) is 5.27. The Kier molecular flexibility index (Phi) is 3.55. The van der Waals surface area contributed by atoms with Gasteiger partial charge in [0.15, 0.2) is 5.15 Å². The number of hydrogen-bond acceptors (Lipinski definition) is 3. The number of aliphatic hydroxyl groups is 1. The average molecular weight is 371 g/mol. The normalized spacial score (nSPS) is 18.2. The summed E-state index contributed by atoms with van der Waals surface area (Å²) >= 11 is 6.25. The van der Waals surface area contributed by atoms with Crippen molar-refractivity contribution in [1.82, 2.24) is 9.55 Å². The molecule has 4 nitrogen and oxygen atoms in total. The monoisotopic (exact) mass is 370 g/mol. The molecule has 26 heavy (non-hydrogen) atoms. The summed E-state index contributed by atoms with van der Waals surface area (Å²) in [5.74, 6) is 0.140. The van der Waals surface area contributed by atoms with Crippen molar-refractivity contribution in [3.05, 3.63) is 70.4 Å². The maximum atomic E-state index is 14.5. The van der Waals surface area contributed by atoms with Gasteiger partial charge in [0.2, 0.25) is 0 Å². The van der Waals surface area contributed by atoms with Crippen molar-refractivity contribution in [3.8, 4) is 17.0 Å². The zero-order chi connectivity index (χ0) is 17.8. The fourth-order valence-corrected chi connectivity index (χ4v) is 4.27. The van der Waals surface area contributed by atoms with Gasteiger partial charge in [-0.15, -0.1) is 0 Å². The first kappa shape index (κ1) is 15.9. The zero-order valence-corrected chi connectivity index (χ0v) is 14.6. The summed E-state index contributed by atoms with van der Waals surface area (Å²) in [5, 5.41) is 11.2. The second-order valence-electron chi connectivity index (χ2n) is 6.73. The number of nitrogens with zero attached hydrogens (tertiary/aromatic N) is 2. The molecule has 0 spiro atoms. The molecule has 3 aromatic rings. The van der Waals surface area contributed by atoms with Crippen LogP contribution in [0.2, 0.25) is 5.15 Å². The highest BCUT2D eigenvalue weighted by atomic mass is 35.5.